The Morgan fingerprint density at radius 2 is 1.96 bits per heavy atom. The van der Waals surface area contributed by atoms with Gasteiger partial charge in [0, 0.05) is 37.6 Å². The third kappa shape index (κ3) is 3.73. The van der Waals surface area contributed by atoms with Gasteiger partial charge in [-0.1, -0.05) is 0 Å². The number of halogens is 3. The third-order valence-corrected chi connectivity index (χ3v) is 6.82. The number of nitrogens with zero attached hydrogens (tertiary/aromatic N) is 3. The zero-order valence-corrected chi connectivity index (χ0v) is 15.3. The molecule has 1 aromatic rings. The molecule has 0 radical (unpaired) electrons. The molecule has 1 unspecified atom stereocenters. The van der Waals surface area contributed by atoms with Crippen LogP contribution in [0.1, 0.15) is 18.4 Å². The normalized spacial score (nSPS) is 24.5. The summed E-state index contributed by atoms with van der Waals surface area (Å²) in [5.74, 6) is 0.198. The molecule has 146 valence electrons. The number of pyridine rings is 1. The number of hydrogen-bond donors (Lipinski definition) is 0. The first-order chi connectivity index (χ1) is 12.1. The van der Waals surface area contributed by atoms with E-state index in [1.165, 1.54) is 0 Å². The van der Waals surface area contributed by atoms with Crippen molar-refractivity contribution in [3.05, 3.63) is 30.1 Å². The van der Waals surface area contributed by atoms with Crippen molar-refractivity contribution in [2.45, 2.75) is 30.5 Å². The summed E-state index contributed by atoms with van der Waals surface area (Å²) >= 11 is 0. The molecule has 2 aliphatic rings. The number of aromatic nitrogens is 1. The third-order valence-electron chi connectivity index (χ3n) is 5.30. The summed E-state index contributed by atoms with van der Waals surface area (Å²) < 4.78 is 67.4. The second kappa shape index (κ2) is 7.06. The Morgan fingerprint density at radius 1 is 1.31 bits per heavy atom. The maximum Gasteiger partial charge on any atom is 0.511 e. The molecule has 10 heteroatoms. The monoisotopic (exact) mass is 393 g/mol. The highest BCUT2D eigenvalue weighted by atomic mass is 32.2. The SMILES string of the molecule is CN1CCC(COCc2ccncc2)CC12CN(S(=O)(=O)C(F)(F)F)C2. The van der Waals surface area contributed by atoms with E-state index < -0.39 is 21.1 Å². The van der Waals surface area contributed by atoms with Gasteiger partial charge in [-0.25, -0.2) is 8.42 Å². The van der Waals surface area contributed by atoms with E-state index in [0.29, 0.717) is 30.5 Å². The first-order valence-electron chi connectivity index (χ1n) is 8.38. The minimum Gasteiger partial charge on any atom is -0.376 e. The van der Waals surface area contributed by atoms with Gasteiger partial charge in [0.25, 0.3) is 0 Å². The second-order valence-electron chi connectivity index (χ2n) is 7.09. The molecule has 3 heterocycles. The lowest BCUT2D eigenvalue weighted by Gasteiger charge is -2.57. The van der Waals surface area contributed by atoms with Crippen LogP contribution in [-0.4, -0.2) is 66.9 Å². The van der Waals surface area contributed by atoms with Gasteiger partial charge < -0.3 is 4.74 Å². The van der Waals surface area contributed by atoms with E-state index in [2.05, 4.69) is 4.98 Å². The van der Waals surface area contributed by atoms with E-state index >= 15 is 0 Å². The Morgan fingerprint density at radius 3 is 2.58 bits per heavy atom. The number of hydrogen-bond acceptors (Lipinski definition) is 5. The Labute approximate surface area is 151 Å². The van der Waals surface area contributed by atoms with E-state index in [1.54, 1.807) is 12.4 Å². The lowest BCUT2D eigenvalue weighted by atomic mass is 9.77. The summed E-state index contributed by atoms with van der Waals surface area (Å²) in [6, 6.07) is 3.73. The molecule has 1 atom stereocenters. The van der Waals surface area contributed by atoms with Crippen molar-refractivity contribution < 1.29 is 26.3 Å². The molecule has 0 saturated carbocycles. The van der Waals surface area contributed by atoms with Crippen LogP contribution in [-0.2, 0) is 21.4 Å². The number of likely N-dealkylation sites (tertiary alicyclic amines) is 1. The largest absolute Gasteiger partial charge is 0.511 e. The van der Waals surface area contributed by atoms with Crippen LogP contribution in [0.25, 0.3) is 0 Å². The fourth-order valence-corrected chi connectivity index (χ4v) is 4.78. The molecular weight excluding hydrogens is 371 g/mol. The average Bonchev–Trinajstić information content (AvgIpc) is 2.54. The molecular formula is C16H22F3N3O3S. The summed E-state index contributed by atoms with van der Waals surface area (Å²) in [5.41, 5.74) is -4.76. The fourth-order valence-electron chi connectivity index (χ4n) is 3.67. The van der Waals surface area contributed by atoms with Gasteiger partial charge in [0.05, 0.1) is 6.61 Å². The lowest BCUT2D eigenvalue weighted by Crippen LogP contribution is -2.73. The van der Waals surface area contributed by atoms with Crippen molar-refractivity contribution in [1.82, 2.24) is 14.2 Å². The summed E-state index contributed by atoms with van der Waals surface area (Å²) in [6.45, 7) is 1.43. The number of piperidine rings is 1. The molecule has 2 saturated heterocycles. The Bertz CT molecular complexity index is 721. The molecule has 26 heavy (non-hydrogen) atoms. The maximum absolute atomic E-state index is 12.7. The van der Waals surface area contributed by atoms with E-state index in [4.69, 9.17) is 4.74 Å². The van der Waals surface area contributed by atoms with Crippen LogP contribution in [0.5, 0.6) is 0 Å². The summed E-state index contributed by atoms with van der Waals surface area (Å²) in [4.78, 5) is 5.92. The minimum atomic E-state index is -5.24. The van der Waals surface area contributed by atoms with Gasteiger partial charge in [-0.15, -0.1) is 0 Å². The second-order valence-corrected chi connectivity index (χ2v) is 9.02. The van der Waals surface area contributed by atoms with Crippen LogP contribution in [0.15, 0.2) is 24.5 Å². The topological polar surface area (TPSA) is 62.7 Å². The van der Waals surface area contributed by atoms with Crippen LogP contribution in [0.2, 0.25) is 0 Å². The quantitative estimate of drug-likeness (QED) is 0.764. The van der Waals surface area contributed by atoms with Crippen LogP contribution in [0.3, 0.4) is 0 Å². The molecule has 6 nitrogen and oxygen atoms in total. The van der Waals surface area contributed by atoms with E-state index in [9.17, 15) is 21.6 Å². The fraction of sp³-hybridized carbons (Fsp3) is 0.688. The number of alkyl halides is 3. The van der Waals surface area contributed by atoms with Gasteiger partial charge in [0.15, 0.2) is 0 Å². The highest BCUT2D eigenvalue weighted by molar-refractivity contribution is 7.90. The Kier molecular flexibility index (Phi) is 5.31. The smallest absolute Gasteiger partial charge is 0.376 e. The Hall–Kier alpha value is -1.23. The van der Waals surface area contributed by atoms with E-state index in [0.717, 1.165) is 12.0 Å². The van der Waals surface area contributed by atoms with Crippen molar-refractivity contribution in [1.29, 1.82) is 0 Å². The van der Waals surface area contributed by atoms with Gasteiger partial charge in [-0.3, -0.25) is 9.88 Å². The van der Waals surface area contributed by atoms with Crippen molar-refractivity contribution in [2.75, 3.05) is 33.3 Å². The predicted molar refractivity (Wildman–Crippen MR) is 88.5 cm³/mol. The van der Waals surface area contributed by atoms with Gasteiger partial charge in [-0.05, 0) is 50.0 Å². The molecule has 3 rings (SSSR count). The highest BCUT2D eigenvalue weighted by Gasteiger charge is 2.60. The molecule has 0 N–H and O–H groups in total. The van der Waals surface area contributed by atoms with Crippen molar-refractivity contribution >= 4 is 10.0 Å². The van der Waals surface area contributed by atoms with Gasteiger partial charge in [-0.2, -0.15) is 17.5 Å². The molecule has 0 bridgehead atoms. The van der Waals surface area contributed by atoms with Crippen molar-refractivity contribution in [3.8, 4) is 0 Å². The van der Waals surface area contributed by atoms with Gasteiger partial charge >= 0.3 is 15.5 Å². The van der Waals surface area contributed by atoms with Crippen molar-refractivity contribution in [2.24, 2.45) is 5.92 Å². The van der Waals surface area contributed by atoms with Gasteiger partial charge in [0.1, 0.15) is 0 Å². The first-order valence-corrected chi connectivity index (χ1v) is 9.82. The first kappa shape index (κ1) is 19.5. The maximum atomic E-state index is 12.7. The lowest BCUT2D eigenvalue weighted by molar-refractivity contribution is -0.0804. The summed E-state index contributed by atoms with van der Waals surface area (Å²) in [7, 11) is -3.40. The average molecular weight is 393 g/mol. The van der Waals surface area contributed by atoms with Gasteiger partial charge in [0.2, 0.25) is 0 Å². The number of sulfonamides is 1. The molecule has 0 amide bonds. The predicted octanol–water partition coefficient (Wildman–Crippen LogP) is 1.84. The minimum absolute atomic E-state index is 0.119. The van der Waals surface area contributed by atoms with Crippen LogP contribution >= 0.6 is 0 Å². The Balaban J connectivity index is 1.55. The van der Waals surface area contributed by atoms with Crippen LogP contribution in [0.4, 0.5) is 13.2 Å². The number of rotatable bonds is 5. The van der Waals surface area contributed by atoms with Crippen LogP contribution < -0.4 is 0 Å². The molecule has 2 aliphatic heterocycles. The zero-order chi connectivity index (χ0) is 19.0. The molecule has 0 aromatic carbocycles. The van der Waals surface area contributed by atoms with E-state index in [1.807, 2.05) is 24.1 Å². The van der Waals surface area contributed by atoms with Crippen molar-refractivity contribution in [3.63, 3.8) is 0 Å². The standard InChI is InChI=1S/C16H22F3N3O3S/c1-21-7-4-14(10-25-9-13-2-5-20-6-3-13)8-15(21)11-22(12-15)26(23,24)16(17,18)19/h2-3,5-6,14H,4,7-12H2,1H3. The highest BCUT2D eigenvalue weighted by Crippen LogP contribution is 2.42. The molecule has 1 aromatic heterocycles. The number of likely N-dealkylation sites (N-methyl/N-ethyl adjacent to an activating group) is 1. The number of ether oxygens (including phenoxy) is 1. The molecule has 1 spiro atoms. The summed E-state index contributed by atoms with van der Waals surface area (Å²) in [6.07, 6.45) is 4.88. The zero-order valence-electron chi connectivity index (χ0n) is 14.4. The molecule has 0 aliphatic carbocycles. The van der Waals surface area contributed by atoms with E-state index in [-0.39, 0.29) is 19.0 Å². The molecule has 2 fully saturated rings. The summed E-state index contributed by atoms with van der Waals surface area (Å²) in [5, 5.41) is 0. The van der Waals surface area contributed by atoms with Crippen LogP contribution in [0, 0.1) is 5.92 Å².